The first kappa shape index (κ1) is 6.92. The molecule has 2 heteroatoms. The maximum absolute atomic E-state index is 3.67. The first-order valence-electron chi connectivity index (χ1n) is 2.47. The molecule has 0 aliphatic carbocycles. The van der Waals surface area contributed by atoms with Crippen LogP contribution in [0.4, 0.5) is 0 Å². The van der Waals surface area contributed by atoms with Crippen LogP contribution in [0.2, 0.25) is 0 Å². The molecule has 0 atom stereocenters. The molecule has 0 aromatic heterocycles. The molecule has 0 aliphatic heterocycles. The van der Waals surface area contributed by atoms with Crippen LogP contribution in [0, 0.1) is 6.92 Å². The van der Waals surface area contributed by atoms with Crippen LogP contribution in [0.1, 0.15) is 6.42 Å². The third-order valence-corrected chi connectivity index (χ3v) is 0.605. The van der Waals surface area contributed by atoms with Gasteiger partial charge in [0.15, 0.2) is 0 Å². The number of hydrogen-bond donors (Lipinski definition) is 1. The lowest BCUT2D eigenvalue weighted by molar-refractivity contribution is 0.293. The van der Waals surface area contributed by atoms with Crippen LogP contribution in [-0.4, -0.2) is 25.6 Å². The van der Waals surface area contributed by atoms with E-state index in [-0.39, 0.29) is 0 Å². The standard InChI is InChI=1S/C5H13N2/c1-4-5-6-7(2)3/h6H,1,4-5H2,2-3H3. The Bertz CT molecular complexity index is 35.1. The number of nitrogens with zero attached hydrogens (tertiary/aromatic N) is 1. The summed E-state index contributed by atoms with van der Waals surface area (Å²) in [6.07, 6.45) is 0.943. The van der Waals surface area contributed by atoms with Gasteiger partial charge in [0.25, 0.3) is 0 Å². The monoisotopic (exact) mass is 101 g/mol. The number of hydrogen-bond acceptors (Lipinski definition) is 2. The lowest BCUT2D eigenvalue weighted by atomic mass is 10.5. The Labute approximate surface area is 45.5 Å². The van der Waals surface area contributed by atoms with E-state index in [0.29, 0.717) is 0 Å². The van der Waals surface area contributed by atoms with Gasteiger partial charge in [-0.3, -0.25) is 10.4 Å². The Hall–Kier alpha value is -0.0800. The molecule has 0 aliphatic rings. The molecular weight excluding hydrogens is 88.1 g/mol. The molecule has 0 saturated heterocycles. The highest BCUT2D eigenvalue weighted by Gasteiger charge is 1.80. The van der Waals surface area contributed by atoms with Gasteiger partial charge in [0.2, 0.25) is 0 Å². The summed E-state index contributed by atoms with van der Waals surface area (Å²) in [5.74, 6) is 0. The Morgan fingerprint density at radius 2 is 2.14 bits per heavy atom. The number of nitrogens with one attached hydrogen (secondary N) is 1. The highest BCUT2D eigenvalue weighted by atomic mass is 15.5. The Morgan fingerprint density at radius 3 is 2.29 bits per heavy atom. The Morgan fingerprint density at radius 1 is 1.57 bits per heavy atom. The van der Waals surface area contributed by atoms with Crippen LogP contribution < -0.4 is 5.43 Å². The van der Waals surface area contributed by atoms with Crippen LogP contribution >= 0.6 is 0 Å². The fourth-order valence-corrected chi connectivity index (χ4v) is 0.303. The van der Waals surface area contributed by atoms with Crippen molar-refractivity contribution >= 4 is 0 Å². The van der Waals surface area contributed by atoms with Crippen LogP contribution in [0.3, 0.4) is 0 Å². The topological polar surface area (TPSA) is 15.3 Å². The summed E-state index contributed by atoms with van der Waals surface area (Å²) in [6, 6.07) is 0. The lowest BCUT2D eigenvalue weighted by Crippen LogP contribution is -2.30. The molecule has 0 amide bonds. The average molecular weight is 101 g/mol. The van der Waals surface area contributed by atoms with Crippen molar-refractivity contribution in [3.63, 3.8) is 0 Å². The first-order chi connectivity index (χ1) is 3.27. The Kier molecular flexibility index (Phi) is 4.04. The molecule has 1 N–H and O–H groups in total. The van der Waals surface area contributed by atoms with Gasteiger partial charge in [0, 0.05) is 20.6 Å². The van der Waals surface area contributed by atoms with E-state index >= 15 is 0 Å². The zero-order valence-corrected chi connectivity index (χ0v) is 5.07. The highest BCUT2D eigenvalue weighted by Crippen LogP contribution is 1.68. The fraction of sp³-hybridized carbons (Fsp3) is 0.800. The van der Waals surface area contributed by atoms with Crippen molar-refractivity contribution in [3.05, 3.63) is 6.92 Å². The predicted molar refractivity (Wildman–Crippen MR) is 31.7 cm³/mol. The lowest BCUT2D eigenvalue weighted by Gasteiger charge is -2.08. The van der Waals surface area contributed by atoms with Crippen LogP contribution in [0.15, 0.2) is 0 Å². The van der Waals surface area contributed by atoms with E-state index in [4.69, 9.17) is 0 Å². The largest absolute Gasteiger partial charge is 0.256 e. The van der Waals surface area contributed by atoms with Crippen molar-refractivity contribution in [2.75, 3.05) is 20.6 Å². The van der Waals surface area contributed by atoms with Crippen LogP contribution in [0.5, 0.6) is 0 Å². The SMILES string of the molecule is [CH2]CCNN(C)C. The Balaban J connectivity index is 2.68. The number of hydrazine groups is 1. The van der Waals surface area contributed by atoms with E-state index < -0.39 is 0 Å². The summed E-state index contributed by atoms with van der Waals surface area (Å²) < 4.78 is 0. The second-order valence-electron chi connectivity index (χ2n) is 1.66. The maximum Gasteiger partial charge on any atom is 0.0102 e. The van der Waals surface area contributed by atoms with Crippen molar-refractivity contribution in [1.82, 2.24) is 10.4 Å². The van der Waals surface area contributed by atoms with Crippen LogP contribution in [0.25, 0.3) is 0 Å². The second kappa shape index (κ2) is 4.09. The van der Waals surface area contributed by atoms with E-state index in [1.165, 1.54) is 0 Å². The first-order valence-corrected chi connectivity index (χ1v) is 2.47. The predicted octanol–water partition coefficient (Wildman–Crippen LogP) is 0.277. The molecule has 0 aromatic carbocycles. The smallest absolute Gasteiger partial charge is 0.0102 e. The fourth-order valence-electron chi connectivity index (χ4n) is 0.303. The van der Waals surface area contributed by atoms with Crippen molar-refractivity contribution in [1.29, 1.82) is 0 Å². The summed E-state index contributed by atoms with van der Waals surface area (Å²) in [7, 11) is 3.94. The van der Waals surface area contributed by atoms with E-state index in [1.54, 1.807) is 0 Å². The minimum Gasteiger partial charge on any atom is -0.256 e. The van der Waals surface area contributed by atoms with Gasteiger partial charge in [0.05, 0.1) is 0 Å². The third-order valence-electron chi connectivity index (χ3n) is 0.605. The quantitative estimate of drug-likeness (QED) is 0.513. The normalized spacial score (nSPS) is 10.3. The third kappa shape index (κ3) is 5.92. The van der Waals surface area contributed by atoms with Crippen molar-refractivity contribution in [2.45, 2.75) is 6.42 Å². The van der Waals surface area contributed by atoms with E-state index in [1.807, 2.05) is 19.1 Å². The van der Waals surface area contributed by atoms with Gasteiger partial charge in [-0.15, -0.1) is 0 Å². The molecule has 0 saturated carbocycles. The van der Waals surface area contributed by atoms with Crippen molar-refractivity contribution in [3.8, 4) is 0 Å². The van der Waals surface area contributed by atoms with Crippen LogP contribution in [-0.2, 0) is 0 Å². The molecular formula is C5H13N2. The molecule has 0 aromatic rings. The molecule has 1 radical (unpaired) electrons. The maximum atomic E-state index is 3.67. The summed E-state index contributed by atoms with van der Waals surface area (Å²) in [6.45, 7) is 4.63. The summed E-state index contributed by atoms with van der Waals surface area (Å²) >= 11 is 0. The van der Waals surface area contributed by atoms with Gasteiger partial charge < -0.3 is 0 Å². The molecule has 0 unspecified atom stereocenters. The zero-order valence-electron chi connectivity index (χ0n) is 5.07. The van der Waals surface area contributed by atoms with Gasteiger partial charge in [-0.1, -0.05) is 6.92 Å². The molecule has 43 valence electrons. The van der Waals surface area contributed by atoms with Gasteiger partial charge in [0.1, 0.15) is 0 Å². The second-order valence-corrected chi connectivity index (χ2v) is 1.66. The molecule has 0 spiro atoms. The number of rotatable bonds is 3. The summed E-state index contributed by atoms with van der Waals surface area (Å²) in [5, 5.41) is 1.92. The molecule has 0 bridgehead atoms. The summed E-state index contributed by atoms with van der Waals surface area (Å²) in [4.78, 5) is 0. The van der Waals surface area contributed by atoms with Gasteiger partial charge >= 0.3 is 0 Å². The average Bonchev–Trinajstić information content (AvgIpc) is 1.61. The zero-order chi connectivity index (χ0) is 5.70. The molecule has 0 heterocycles. The molecule has 2 nitrogen and oxygen atoms in total. The van der Waals surface area contributed by atoms with Gasteiger partial charge in [-0.05, 0) is 6.42 Å². The highest BCUT2D eigenvalue weighted by molar-refractivity contribution is 4.40. The van der Waals surface area contributed by atoms with Crippen molar-refractivity contribution in [2.24, 2.45) is 0 Å². The molecule has 7 heavy (non-hydrogen) atoms. The van der Waals surface area contributed by atoms with Gasteiger partial charge in [-0.25, -0.2) is 0 Å². The van der Waals surface area contributed by atoms with E-state index in [9.17, 15) is 0 Å². The van der Waals surface area contributed by atoms with E-state index in [0.717, 1.165) is 13.0 Å². The van der Waals surface area contributed by atoms with Crippen molar-refractivity contribution < 1.29 is 0 Å². The minimum atomic E-state index is 0.943. The minimum absolute atomic E-state index is 0.943. The van der Waals surface area contributed by atoms with Gasteiger partial charge in [-0.2, -0.15) is 0 Å². The summed E-state index contributed by atoms with van der Waals surface area (Å²) in [5.41, 5.74) is 3.07. The molecule has 0 fully saturated rings. The van der Waals surface area contributed by atoms with E-state index in [2.05, 4.69) is 12.3 Å². The molecule has 0 rings (SSSR count).